The van der Waals surface area contributed by atoms with Crippen molar-refractivity contribution in [2.24, 2.45) is 5.92 Å². The maximum absolute atomic E-state index is 11.2. The van der Waals surface area contributed by atoms with Crippen molar-refractivity contribution < 1.29 is 14.6 Å². The number of methoxy groups -OCH3 is 1. The van der Waals surface area contributed by atoms with E-state index in [0.717, 1.165) is 17.9 Å². The van der Waals surface area contributed by atoms with E-state index in [1.165, 1.54) is 0 Å². The van der Waals surface area contributed by atoms with Gasteiger partial charge in [-0.15, -0.1) is 0 Å². The third-order valence-corrected chi connectivity index (χ3v) is 3.40. The number of carboxylic acid groups (broad SMARTS) is 1. The molecule has 2 atom stereocenters. The molecule has 0 amide bonds. The number of hydrogen-bond acceptors (Lipinski definition) is 3. The highest BCUT2D eigenvalue weighted by Gasteiger charge is 2.37. The Labute approximate surface area is 101 Å². The van der Waals surface area contributed by atoms with Gasteiger partial charge in [-0.05, 0) is 37.7 Å². The molecular weight excluding hydrogens is 218 g/mol. The number of benzene rings is 1. The van der Waals surface area contributed by atoms with Gasteiger partial charge >= 0.3 is 5.97 Å². The first kappa shape index (κ1) is 11.9. The fraction of sp³-hybridized carbons (Fsp3) is 0.462. The average molecular weight is 235 g/mol. The second-order valence-electron chi connectivity index (χ2n) is 4.44. The van der Waals surface area contributed by atoms with Gasteiger partial charge in [0.25, 0.3) is 0 Å². The van der Waals surface area contributed by atoms with E-state index in [-0.39, 0.29) is 12.0 Å². The molecular formula is C13H17NO3. The minimum absolute atomic E-state index is 0.0531. The zero-order valence-electron chi connectivity index (χ0n) is 10.1. The molecule has 2 unspecified atom stereocenters. The summed E-state index contributed by atoms with van der Waals surface area (Å²) in [7, 11) is 3.58. The summed E-state index contributed by atoms with van der Waals surface area (Å²) in [6.45, 7) is 0.818. The van der Waals surface area contributed by atoms with E-state index in [9.17, 15) is 9.90 Å². The topological polar surface area (TPSA) is 49.8 Å². The van der Waals surface area contributed by atoms with Crippen LogP contribution in [0.4, 0.5) is 0 Å². The zero-order chi connectivity index (χ0) is 12.4. The van der Waals surface area contributed by atoms with E-state index in [4.69, 9.17) is 4.74 Å². The summed E-state index contributed by atoms with van der Waals surface area (Å²) in [5.41, 5.74) is 1.01. The molecule has 1 aromatic rings. The van der Waals surface area contributed by atoms with Crippen molar-refractivity contribution in [3.05, 3.63) is 29.8 Å². The Morgan fingerprint density at radius 1 is 1.53 bits per heavy atom. The molecule has 1 aliphatic heterocycles. The summed E-state index contributed by atoms with van der Waals surface area (Å²) in [6, 6.07) is 7.60. The number of rotatable bonds is 3. The van der Waals surface area contributed by atoms with Gasteiger partial charge in [-0.1, -0.05) is 12.1 Å². The summed E-state index contributed by atoms with van der Waals surface area (Å²) in [6.07, 6.45) is 0.702. The Bertz CT molecular complexity index is 419. The molecule has 0 saturated carbocycles. The first-order valence-electron chi connectivity index (χ1n) is 5.70. The van der Waals surface area contributed by atoms with E-state index in [0.29, 0.717) is 6.42 Å². The Balaban J connectivity index is 2.32. The van der Waals surface area contributed by atoms with Crippen LogP contribution in [0.1, 0.15) is 18.0 Å². The van der Waals surface area contributed by atoms with E-state index < -0.39 is 5.97 Å². The SMILES string of the molecule is COc1cccc(C2C(C(=O)O)CCN2C)c1. The number of likely N-dealkylation sites (tertiary alicyclic amines) is 1. The molecule has 1 aliphatic rings. The van der Waals surface area contributed by atoms with Crippen molar-refractivity contribution in [2.75, 3.05) is 20.7 Å². The van der Waals surface area contributed by atoms with Gasteiger partial charge in [0.05, 0.1) is 13.0 Å². The Hall–Kier alpha value is -1.55. The first-order valence-corrected chi connectivity index (χ1v) is 5.70. The van der Waals surface area contributed by atoms with Crippen LogP contribution in [0.3, 0.4) is 0 Å². The number of carboxylic acids is 1. The lowest BCUT2D eigenvalue weighted by molar-refractivity contribution is -0.142. The number of carbonyl (C=O) groups is 1. The zero-order valence-corrected chi connectivity index (χ0v) is 10.1. The average Bonchev–Trinajstić information content (AvgIpc) is 2.71. The number of nitrogens with zero attached hydrogens (tertiary/aromatic N) is 1. The smallest absolute Gasteiger partial charge is 0.308 e. The molecule has 17 heavy (non-hydrogen) atoms. The highest BCUT2D eigenvalue weighted by Crippen LogP contribution is 2.37. The first-order chi connectivity index (χ1) is 8.13. The van der Waals surface area contributed by atoms with Crippen LogP contribution in [0.2, 0.25) is 0 Å². The molecule has 0 aliphatic carbocycles. The molecule has 4 nitrogen and oxygen atoms in total. The van der Waals surface area contributed by atoms with E-state index in [1.54, 1.807) is 7.11 Å². The predicted octanol–water partition coefficient (Wildman–Crippen LogP) is 1.77. The maximum Gasteiger partial charge on any atom is 0.308 e. The standard InChI is InChI=1S/C13H17NO3/c1-14-7-6-11(13(15)16)12(14)9-4-3-5-10(8-9)17-2/h3-5,8,11-12H,6-7H2,1-2H3,(H,15,16). The van der Waals surface area contributed by atoms with Gasteiger partial charge < -0.3 is 9.84 Å². The van der Waals surface area contributed by atoms with E-state index >= 15 is 0 Å². The van der Waals surface area contributed by atoms with Crippen LogP contribution >= 0.6 is 0 Å². The second kappa shape index (κ2) is 4.75. The van der Waals surface area contributed by atoms with E-state index in [1.807, 2.05) is 31.3 Å². The molecule has 0 spiro atoms. The predicted molar refractivity (Wildman–Crippen MR) is 64.1 cm³/mol. The van der Waals surface area contributed by atoms with Crippen molar-refractivity contribution in [3.63, 3.8) is 0 Å². The van der Waals surface area contributed by atoms with Gasteiger partial charge in [0.2, 0.25) is 0 Å². The van der Waals surface area contributed by atoms with Crippen molar-refractivity contribution >= 4 is 5.97 Å². The van der Waals surface area contributed by atoms with Gasteiger partial charge in [-0.2, -0.15) is 0 Å². The lowest BCUT2D eigenvalue weighted by atomic mass is 9.94. The molecule has 92 valence electrons. The van der Waals surface area contributed by atoms with Crippen LogP contribution in [0.25, 0.3) is 0 Å². The normalized spacial score (nSPS) is 24.8. The summed E-state index contributed by atoms with van der Waals surface area (Å²) < 4.78 is 5.18. The van der Waals surface area contributed by atoms with Crippen molar-refractivity contribution in [1.82, 2.24) is 4.90 Å². The largest absolute Gasteiger partial charge is 0.497 e. The number of ether oxygens (including phenoxy) is 1. The van der Waals surface area contributed by atoms with Crippen LogP contribution < -0.4 is 4.74 Å². The van der Waals surface area contributed by atoms with Crippen LogP contribution in [-0.2, 0) is 4.79 Å². The lowest BCUT2D eigenvalue weighted by Gasteiger charge is -2.23. The quantitative estimate of drug-likeness (QED) is 0.867. The van der Waals surface area contributed by atoms with Crippen LogP contribution in [0.15, 0.2) is 24.3 Å². The lowest BCUT2D eigenvalue weighted by Crippen LogP contribution is -2.25. The monoisotopic (exact) mass is 235 g/mol. The molecule has 0 radical (unpaired) electrons. The van der Waals surface area contributed by atoms with Gasteiger partial charge in [0, 0.05) is 6.04 Å². The molecule has 0 aromatic heterocycles. The summed E-state index contributed by atoms with van der Waals surface area (Å²) in [4.78, 5) is 13.3. The minimum Gasteiger partial charge on any atom is -0.497 e. The number of aliphatic carboxylic acids is 1. The van der Waals surface area contributed by atoms with E-state index in [2.05, 4.69) is 4.90 Å². The van der Waals surface area contributed by atoms with Crippen molar-refractivity contribution in [1.29, 1.82) is 0 Å². The minimum atomic E-state index is -0.720. The molecule has 1 heterocycles. The van der Waals surface area contributed by atoms with Gasteiger partial charge in [-0.25, -0.2) is 0 Å². The van der Waals surface area contributed by atoms with Crippen LogP contribution in [0, 0.1) is 5.92 Å². The Morgan fingerprint density at radius 3 is 2.94 bits per heavy atom. The summed E-state index contributed by atoms with van der Waals surface area (Å²) >= 11 is 0. The molecule has 4 heteroatoms. The summed E-state index contributed by atoms with van der Waals surface area (Å²) in [5, 5.41) is 9.23. The molecule has 0 bridgehead atoms. The maximum atomic E-state index is 11.2. The highest BCUT2D eigenvalue weighted by atomic mass is 16.5. The van der Waals surface area contributed by atoms with Gasteiger partial charge in [-0.3, -0.25) is 9.69 Å². The molecule has 1 N–H and O–H groups in total. The second-order valence-corrected chi connectivity index (χ2v) is 4.44. The fourth-order valence-electron chi connectivity index (χ4n) is 2.52. The third-order valence-electron chi connectivity index (χ3n) is 3.40. The van der Waals surface area contributed by atoms with Crippen molar-refractivity contribution in [2.45, 2.75) is 12.5 Å². The number of hydrogen-bond donors (Lipinski definition) is 1. The van der Waals surface area contributed by atoms with Crippen LogP contribution in [0.5, 0.6) is 5.75 Å². The third kappa shape index (κ3) is 2.26. The van der Waals surface area contributed by atoms with Gasteiger partial charge in [0.1, 0.15) is 5.75 Å². The van der Waals surface area contributed by atoms with Crippen LogP contribution in [-0.4, -0.2) is 36.7 Å². The molecule has 1 aromatic carbocycles. The van der Waals surface area contributed by atoms with Gasteiger partial charge in [0.15, 0.2) is 0 Å². The highest BCUT2D eigenvalue weighted by molar-refractivity contribution is 5.71. The van der Waals surface area contributed by atoms with Crippen molar-refractivity contribution in [3.8, 4) is 5.75 Å². The summed E-state index contributed by atoms with van der Waals surface area (Å²) in [5.74, 6) is -0.277. The fourth-order valence-corrected chi connectivity index (χ4v) is 2.52. The molecule has 1 fully saturated rings. The Morgan fingerprint density at radius 2 is 2.29 bits per heavy atom. The Kier molecular flexibility index (Phi) is 3.33. The molecule has 2 rings (SSSR count). The molecule has 1 saturated heterocycles.